The van der Waals surface area contributed by atoms with E-state index in [2.05, 4.69) is 4.18 Å². The van der Waals surface area contributed by atoms with Gasteiger partial charge in [-0.05, 0) is 24.7 Å². The highest BCUT2D eigenvalue weighted by Crippen LogP contribution is 2.48. The molecule has 0 aromatic carbocycles. The first-order valence-corrected chi connectivity index (χ1v) is 8.23. The van der Waals surface area contributed by atoms with Crippen molar-refractivity contribution in [2.75, 3.05) is 13.1 Å². The molecule has 0 atom stereocenters. The minimum Gasteiger partial charge on any atom is -0.465 e. The van der Waals surface area contributed by atoms with Crippen molar-refractivity contribution in [3.63, 3.8) is 0 Å². The third-order valence-electron chi connectivity index (χ3n) is 4.30. The number of piperidine rings is 1. The number of carboxylic acid groups (broad SMARTS) is 1. The van der Waals surface area contributed by atoms with Crippen molar-refractivity contribution in [3.05, 3.63) is 11.6 Å². The number of alkyl halides is 3. The largest absolute Gasteiger partial charge is 0.534 e. The van der Waals surface area contributed by atoms with Crippen LogP contribution in [0, 0.1) is 5.41 Å². The zero-order valence-electron chi connectivity index (χ0n) is 11.9. The molecule has 1 amide bonds. The Labute approximate surface area is 129 Å². The molecule has 1 fully saturated rings. The summed E-state index contributed by atoms with van der Waals surface area (Å²) in [6, 6.07) is 0. The number of amides is 1. The first-order chi connectivity index (χ1) is 10.5. The molecule has 132 valence electrons. The molecule has 0 aromatic heterocycles. The minimum absolute atomic E-state index is 0.208. The van der Waals surface area contributed by atoms with Crippen LogP contribution in [-0.4, -0.2) is 43.1 Å². The van der Waals surface area contributed by atoms with Gasteiger partial charge in [0.15, 0.2) is 5.76 Å². The molecule has 1 N–H and O–H groups in total. The monoisotopic (exact) mass is 361 g/mol. The van der Waals surface area contributed by atoms with Crippen LogP contribution in [-0.2, 0) is 14.3 Å². The molecule has 11 heteroatoms. The molecule has 2 aliphatic rings. The number of hydrogen-bond acceptors (Lipinski definition) is 4. The van der Waals surface area contributed by atoms with Crippen molar-refractivity contribution in [2.24, 2.45) is 5.41 Å². The number of rotatable bonds is 2. The number of carbonyl (C=O) groups is 1. The van der Waals surface area contributed by atoms with Crippen LogP contribution in [0.15, 0.2) is 11.6 Å². The lowest BCUT2D eigenvalue weighted by molar-refractivity contribution is -0.0528. The predicted octanol–water partition coefficient (Wildman–Crippen LogP) is 2.98. The quantitative estimate of drug-likeness (QED) is 0.464. The van der Waals surface area contributed by atoms with Gasteiger partial charge in [-0.3, -0.25) is 0 Å². The zero-order chi connectivity index (χ0) is 17.5. The number of allylic oxidation sites excluding steroid dienone is 2. The lowest BCUT2D eigenvalue weighted by Gasteiger charge is -2.42. The number of halogens is 4. The van der Waals surface area contributed by atoms with Crippen LogP contribution in [0.4, 0.5) is 22.4 Å². The number of nitrogens with zero attached hydrogens (tertiary/aromatic N) is 1. The molecule has 0 bridgehead atoms. The topological polar surface area (TPSA) is 83.9 Å². The average molecular weight is 361 g/mol. The van der Waals surface area contributed by atoms with Crippen LogP contribution in [0.5, 0.6) is 0 Å². The van der Waals surface area contributed by atoms with Gasteiger partial charge in [0, 0.05) is 25.9 Å². The fourth-order valence-electron chi connectivity index (χ4n) is 2.90. The van der Waals surface area contributed by atoms with Crippen LogP contribution in [0.3, 0.4) is 0 Å². The number of likely N-dealkylation sites (tertiary alicyclic amines) is 1. The third kappa shape index (κ3) is 3.70. The van der Waals surface area contributed by atoms with Crippen molar-refractivity contribution < 1.29 is 40.1 Å². The molecule has 0 unspecified atom stereocenters. The molecule has 0 saturated carbocycles. The molecule has 23 heavy (non-hydrogen) atoms. The highest BCUT2D eigenvalue weighted by atomic mass is 32.2. The van der Waals surface area contributed by atoms with Crippen molar-refractivity contribution in [1.82, 2.24) is 4.90 Å². The van der Waals surface area contributed by atoms with E-state index in [0.717, 1.165) is 0 Å². The zero-order valence-corrected chi connectivity index (χ0v) is 12.7. The maximum atomic E-state index is 14.0. The first-order valence-electron chi connectivity index (χ1n) is 6.82. The summed E-state index contributed by atoms with van der Waals surface area (Å²) >= 11 is 0. The van der Waals surface area contributed by atoms with E-state index in [-0.39, 0.29) is 32.4 Å². The normalized spacial score (nSPS) is 22.3. The fraction of sp³-hybridized carbons (Fsp3) is 0.750. The smallest absolute Gasteiger partial charge is 0.465 e. The Kier molecular flexibility index (Phi) is 4.53. The summed E-state index contributed by atoms with van der Waals surface area (Å²) in [4.78, 5) is 12.0. The molecule has 2 rings (SSSR count). The summed E-state index contributed by atoms with van der Waals surface area (Å²) in [6.07, 6.45) is -0.613. The Balaban J connectivity index is 2.08. The second kappa shape index (κ2) is 5.84. The molecule has 1 aliphatic heterocycles. The molecular formula is C12H15F4NO5S. The van der Waals surface area contributed by atoms with E-state index >= 15 is 0 Å². The molecule has 1 spiro atoms. The SMILES string of the molecule is O=C(O)N1CCC2(CCC(OS(=O)(=O)C(F)(F)F)=C(F)C2)CC1. The fourth-order valence-corrected chi connectivity index (χ4v) is 3.43. The van der Waals surface area contributed by atoms with Crippen molar-refractivity contribution in [1.29, 1.82) is 0 Å². The maximum Gasteiger partial charge on any atom is 0.534 e. The lowest BCUT2D eigenvalue weighted by Crippen LogP contribution is -2.43. The summed E-state index contributed by atoms with van der Waals surface area (Å²) in [6.45, 7) is 0.416. The van der Waals surface area contributed by atoms with Gasteiger partial charge in [-0.1, -0.05) is 0 Å². The van der Waals surface area contributed by atoms with Crippen molar-refractivity contribution >= 4 is 16.2 Å². The van der Waals surface area contributed by atoms with Crippen LogP contribution < -0.4 is 0 Å². The van der Waals surface area contributed by atoms with E-state index in [0.29, 0.717) is 12.8 Å². The second-order valence-corrected chi connectivity index (χ2v) is 7.30. The van der Waals surface area contributed by atoms with Gasteiger partial charge in [0.25, 0.3) is 0 Å². The maximum absolute atomic E-state index is 14.0. The molecule has 1 heterocycles. The number of hydrogen-bond donors (Lipinski definition) is 1. The van der Waals surface area contributed by atoms with E-state index in [9.17, 15) is 30.8 Å². The lowest BCUT2D eigenvalue weighted by atomic mass is 9.69. The van der Waals surface area contributed by atoms with Crippen molar-refractivity contribution in [2.45, 2.75) is 37.6 Å². The first kappa shape index (κ1) is 17.8. The van der Waals surface area contributed by atoms with Gasteiger partial charge in [0.05, 0.1) is 0 Å². The van der Waals surface area contributed by atoms with E-state index in [1.807, 2.05) is 0 Å². The van der Waals surface area contributed by atoms with Crippen LogP contribution in [0.2, 0.25) is 0 Å². The Morgan fingerprint density at radius 2 is 1.78 bits per heavy atom. The molecule has 1 saturated heterocycles. The van der Waals surface area contributed by atoms with E-state index in [4.69, 9.17) is 5.11 Å². The molecule has 0 radical (unpaired) electrons. The Hall–Kier alpha value is -1.52. The van der Waals surface area contributed by atoms with Gasteiger partial charge >= 0.3 is 21.7 Å². The predicted molar refractivity (Wildman–Crippen MR) is 69.3 cm³/mol. The van der Waals surface area contributed by atoms with Crippen LogP contribution in [0.1, 0.15) is 32.1 Å². The van der Waals surface area contributed by atoms with E-state index in [1.54, 1.807) is 0 Å². The van der Waals surface area contributed by atoms with Gasteiger partial charge in [-0.2, -0.15) is 21.6 Å². The molecule has 0 aromatic rings. The van der Waals surface area contributed by atoms with Crippen LogP contribution in [0.25, 0.3) is 0 Å². The average Bonchev–Trinajstić information content (AvgIpc) is 2.41. The van der Waals surface area contributed by atoms with Crippen LogP contribution >= 0.6 is 0 Å². The standard InChI is InChI=1S/C12H15F4NO5S/c13-8-7-11(3-5-17(6-4-11)10(18)19)2-1-9(8)22-23(20,21)12(14,15)16/h1-7H2,(H,18,19). The second-order valence-electron chi connectivity index (χ2n) is 5.76. The van der Waals surface area contributed by atoms with Gasteiger partial charge in [-0.15, -0.1) is 0 Å². The third-order valence-corrected chi connectivity index (χ3v) is 5.29. The summed E-state index contributed by atoms with van der Waals surface area (Å²) in [7, 11) is -5.88. The Morgan fingerprint density at radius 3 is 2.22 bits per heavy atom. The van der Waals surface area contributed by atoms with Gasteiger partial charge in [-0.25, -0.2) is 9.18 Å². The van der Waals surface area contributed by atoms with E-state index < -0.39 is 38.7 Å². The summed E-state index contributed by atoms with van der Waals surface area (Å²) in [5, 5.41) is 8.87. The van der Waals surface area contributed by atoms with Crippen molar-refractivity contribution in [3.8, 4) is 0 Å². The van der Waals surface area contributed by atoms with Gasteiger partial charge < -0.3 is 14.2 Å². The summed E-state index contributed by atoms with van der Waals surface area (Å²) < 4.78 is 76.6. The Bertz CT molecular complexity index is 620. The van der Waals surface area contributed by atoms with Gasteiger partial charge in [0.2, 0.25) is 0 Å². The molecular weight excluding hydrogens is 346 g/mol. The Morgan fingerprint density at radius 1 is 1.22 bits per heavy atom. The van der Waals surface area contributed by atoms with Gasteiger partial charge in [0.1, 0.15) is 5.83 Å². The highest BCUT2D eigenvalue weighted by Gasteiger charge is 2.50. The van der Waals surface area contributed by atoms with E-state index in [1.165, 1.54) is 4.90 Å². The molecule has 1 aliphatic carbocycles. The minimum atomic E-state index is -5.88. The summed E-state index contributed by atoms with van der Waals surface area (Å²) in [5.74, 6) is -1.83. The molecule has 6 nitrogen and oxygen atoms in total. The highest BCUT2D eigenvalue weighted by molar-refractivity contribution is 7.87. The summed E-state index contributed by atoms with van der Waals surface area (Å²) in [5.41, 5.74) is -6.17.